The second kappa shape index (κ2) is 9.23. The standard InChI is InChI=1S/C27H21FN8O/c1-2-4-23(37)32-19-8-16(10-29-12-19)17-9-20-25(35-36-26(20)31-11-17)27-33-22-14-30-13-21(24(22)34-27)15-5-3-6-18(28)7-15/h3,5-14H,2,4H2,1H3,(H,32,37)(H,33,34)(H,31,35,36). The number of hydrogen-bond acceptors (Lipinski definition) is 6. The van der Waals surface area contributed by atoms with Crippen molar-refractivity contribution in [1.82, 2.24) is 35.1 Å². The van der Waals surface area contributed by atoms with Gasteiger partial charge in [-0.2, -0.15) is 5.10 Å². The van der Waals surface area contributed by atoms with Crippen LogP contribution in [0.5, 0.6) is 0 Å². The first-order valence-electron chi connectivity index (χ1n) is 11.8. The Balaban J connectivity index is 1.40. The molecule has 0 fully saturated rings. The number of halogens is 1. The second-order valence-corrected chi connectivity index (χ2v) is 8.63. The summed E-state index contributed by atoms with van der Waals surface area (Å²) in [5.41, 5.74) is 6.20. The molecule has 0 saturated carbocycles. The summed E-state index contributed by atoms with van der Waals surface area (Å²) in [5, 5.41) is 11.0. The van der Waals surface area contributed by atoms with E-state index in [1.54, 1.807) is 37.1 Å². The summed E-state index contributed by atoms with van der Waals surface area (Å²) >= 11 is 0. The van der Waals surface area contributed by atoms with Gasteiger partial charge in [-0.25, -0.2) is 14.4 Å². The van der Waals surface area contributed by atoms with E-state index >= 15 is 0 Å². The summed E-state index contributed by atoms with van der Waals surface area (Å²) in [6, 6.07) is 10.1. The number of carbonyl (C=O) groups is 1. The minimum Gasteiger partial charge on any atom is -0.335 e. The lowest BCUT2D eigenvalue weighted by Gasteiger charge is -2.07. The van der Waals surface area contributed by atoms with Crippen molar-refractivity contribution in [2.45, 2.75) is 19.8 Å². The van der Waals surface area contributed by atoms with Crippen molar-refractivity contribution >= 4 is 33.7 Å². The summed E-state index contributed by atoms with van der Waals surface area (Å²) in [6.45, 7) is 1.96. The van der Waals surface area contributed by atoms with Gasteiger partial charge in [-0.1, -0.05) is 19.1 Å². The molecule has 37 heavy (non-hydrogen) atoms. The molecule has 182 valence electrons. The van der Waals surface area contributed by atoms with E-state index in [2.05, 4.69) is 35.5 Å². The number of anilines is 1. The first-order chi connectivity index (χ1) is 18.1. The number of amides is 1. The highest BCUT2D eigenvalue weighted by Crippen LogP contribution is 2.32. The lowest BCUT2D eigenvalue weighted by Crippen LogP contribution is -2.10. The molecule has 0 spiro atoms. The van der Waals surface area contributed by atoms with Crippen molar-refractivity contribution in [2.24, 2.45) is 0 Å². The Kier molecular flexibility index (Phi) is 5.61. The van der Waals surface area contributed by atoms with Crippen LogP contribution in [0.2, 0.25) is 0 Å². The van der Waals surface area contributed by atoms with Crippen LogP contribution in [0.15, 0.2) is 67.4 Å². The number of rotatable bonds is 6. The third-order valence-corrected chi connectivity index (χ3v) is 6.00. The molecule has 9 nitrogen and oxygen atoms in total. The molecule has 1 aromatic carbocycles. The number of imidazole rings is 1. The SMILES string of the molecule is CCCC(=O)Nc1cncc(-c2cnc3[nH]nc(-c4nc5c(-c6cccc(F)c6)cncc5[nH]4)c3c2)c1. The predicted octanol–water partition coefficient (Wildman–Crippen LogP) is 5.50. The third kappa shape index (κ3) is 4.29. The Morgan fingerprint density at radius 3 is 2.73 bits per heavy atom. The first kappa shape index (κ1) is 22.5. The van der Waals surface area contributed by atoms with Gasteiger partial charge in [-0.15, -0.1) is 0 Å². The maximum absolute atomic E-state index is 13.9. The van der Waals surface area contributed by atoms with Gasteiger partial charge < -0.3 is 10.3 Å². The van der Waals surface area contributed by atoms with Gasteiger partial charge in [0.1, 0.15) is 11.5 Å². The van der Waals surface area contributed by atoms with Crippen molar-refractivity contribution in [1.29, 1.82) is 0 Å². The lowest BCUT2D eigenvalue weighted by atomic mass is 10.1. The number of benzene rings is 1. The van der Waals surface area contributed by atoms with Crippen LogP contribution in [0.3, 0.4) is 0 Å². The van der Waals surface area contributed by atoms with Crippen molar-refractivity contribution in [3.05, 3.63) is 73.2 Å². The number of nitrogens with zero attached hydrogens (tertiary/aromatic N) is 5. The predicted molar refractivity (Wildman–Crippen MR) is 139 cm³/mol. The Labute approximate surface area is 210 Å². The molecule has 0 radical (unpaired) electrons. The zero-order valence-corrected chi connectivity index (χ0v) is 19.8. The molecule has 5 aromatic heterocycles. The Hall–Kier alpha value is -4.99. The van der Waals surface area contributed by atoms with E-state index in [0.29, 0.717) is 51.4 Å². The molecule has 0 aliphatic heterocycles. The molecule has 0 aliphatic carbocycles. The number of carbonyl (C=O) groups excluding carboxylic acids is 1. The minimum absolute atomic E-state index is 0.0517. The summed E-state index contributed by atoms with van der Waals surface area (Å²) in [6.07, 6.45) is 9.62. The average Bonchev–Trinajstić information content (AvgIpc) is 3.52. The van der Waals surface area contributed by atoms with E-state index in [4.69, 9.17) is 4.98 Å². The first-order valence-corrected chi connectivity index (χ1v) is 11.8. The fourth-order valence-electron chi connectivity index (χ4n) is 4.27. The highest BCUT2D eigenvalue weighted by molar-refractivity contribution is 5.97. The topological polar surface area (TPSA) is 125 Å². The second-order valence-electron chi connectivity index (χ2n) is 8.63. The van der Waals surface area contributed by atoms with Crippen molar-refractivity contribution < 1.29 is 9.18 Å². The van der Waals surface area contributed by atoms with Crippen LogP contribution in [-0.2, 0) is 4.79 Å². The summed E-state index contributed by atoms with van der Waals surface area (Å²) in [5.74, 6) is 0.152. The molecule has 0 saturated heterocycles. The largest absolute Gasteiger partial charge is 0.335 e. The number of nitrogens with one attached hydrogen (secondary N) is 3. The van der Waals surface area contributed by atoms with Gasteiger partial charge in [-0.3, -0.25) is 19.9 Å². The van der Waals surface area contributed by atoms with Crippen LogP contribution in [0.4, 0.5) is 10.1 Å². The smallest absolute Gasteiger partial charge is 0.224 e. The Morgan fingerprint density at radius 1 is 1.00 bits per heavy atom. The van der Waals surface area contributed by atoms with Gasteiger partial charge in [-0.05, 0) is 36.2 Å². The lowest BCUT2D eigenvalue weighted by molar-refractivity contribution is -0.116. The third-order valence-electron chi connectivity index (χ3n) is 6.00. The van der Waals surface area contributed by atoms with E-state index in [-0.39, 0.29) is 11.7 Å². The summed E-state index contributed by atoms with van der Waals surface area (Å²) in [7, 11) is 0. The highest BCUT2D eigenvalue weighted by atomic mass is 19.1. The van der Waals surface area contributed by atoms with Crippen LogP contribution >= 0.6 is 0 Å². The Bertz CT molecular complexity index is 1770. The quantitative estimate of drug-likeness (QED) is 0.282. The molecule has 3 N–H and O–H groups in total. The maximum Gasteiger partial charge on any atom is 0.224 e. The van der Waals surface area contributed by atoms with Crippen LogP contribution in [-0.4, -0.2) is 41.0 Å². The molecule has 5 heterocycles. The summed E-state index contributed by atoms with van der Waals surface area (Å²) < 4.78 is 13.9. The molecule has 0 unspecified atom stereocenters. The normalized spacial score (nSPS) is 11.3. The van der Waals surface area contributed by atoms with E-state index in [1.165, 1.54) is 12.1 Å². The molecule has 10 heteroatoms. The number of aromatic amines is 2. The zero-order chi connectivity index (χ0) is 25.4. The average molecular weight is 493 g/mol. The molecule has 6 rings (SSSR count). The molecule has 1 amide bonds. The van der Waals surface area contributed by atoms with Crippen LogP contribution < -0.4 is 5.32 Å². The van der Waals surface area contributed by atoms with E-state index in [0.717, 1.165) is 22.9 Å². The molecule has 0 atom stereocenters. The van der Waals surface area contributed by atoms with E-state index in [1.807, 2.05) is 25.1 Å². The number of pyridine rings is 3. The van der Waals surface area contributed by atoms with Gasteiger partial charge >= 0.3 is 0 Å². The van der Waals surface area contributed by atoms with Crippen molar-refractivity contribution in [3.8, 4) is 33.8 Å². The zero-order valence-electron chi connectivity index (χ0n) is 19.8. The van der Waals surface area contributed by atoms with Crippen molar-refractivity contribution in [3.63, 3.8) is 0 Å². The number of aromatic nitrogens is 7. The fourth-order valence-corrected chi connectivity index (χ4v) is 4.27. The summed E-state index contributed by atoms with van der Waals surface area (Å²) in [4.78, 5) is 33.2. The van der Waals surface area contributed by atoms with Gasteiger partial charge in [0.15, 0.2) is 11.5 Å². The molecule has 0 aliphatic rings. The number of hydrogen-bond donors (Lipinski definition) is 3. The molecule has 6 aromatic rings. The van der Waals surface area contributed by atoms with Gasteiger partial charge in [0.25, 0.3) is 0 Å². The van der Waals surface area contributed by atoms with Crippen LogP contribution in [0.25, 0.3) is 55.8 Å². The molecular weight excluding hydrogens is 471 g/mol. The van der Waals surface area contributed by atoms with E-state index in [9.17, 15) is 9.18 Å². The van der Waals surface area contributed by atoms with Crippen LogP contribution in [0, 0.1) is 5.82 Å². The fraction of sp³-hybridized carbons (Fsp3) is 0.111. The Morgan fingerprint density at radius 2 is 1.86 bits per heavy atom. The monoisotopic (exact) mass is 492 g/mol. The van der Waals surface area contributed by atoms with Gasteiger partial charge in [0.2, 0.25) is 5.91 Å². The molecule has 0 bridgehead atoms. The van der Waals surface area contributed by atoms with Crippen LogP contribution in [0.1, 0.15) is 19.8 Å². The minimum atomic E-state index is -0.328. The van der Waals surface area contributed by atoms with E-state index < -0.39 is 0 Å². The molecular formula is C27H21FN8O. The van der Waals surface area contributed by atoms with Gasteiger partial charge in [0, 0.05) is 41.7 Å². The number of fused-ring (bicyclic) bond motifs is 2. The van der Waals surface area contributed by atoms with Gasteiger partial charge in [0.05, 0.1) is 34.5 Å². The van der Waals surface area contributed by atoms with Crippen molar-refractivity contribution in [2.75, 3.05) is 5.32 Å². The maximum atomic E-state index is 13.9. The highest BCUT2D eigenvalue weighted by Gasteiger charge is 2.17. The number of H-pyrrole nitrogens is 2.